The number of hydrogen-bond acceptors (Lipinski definition) is 6. The Morgan fingerprint density at radius 2 is 1.73 bits per heavy atom. The van der Waals surface area contributed by atoms with Crippen LogP contribution in [0.3, 0.4) is 0 Å². The molecule has 1 aromatic heterocycles. The third-order valence-corrected chi connectivity index (χ3v) is 4.48. The van der Waals surface area contributed by atoms with Crippen molar-refractivity contribution >= 4 is 28.9 Å². The van der Waals surface area contributed by atoms with E-state index in [-0.39, 0.29) is 5.71 Å². The SMILES string of the molecule is CO/N=C(\C(=O)Nc1cccnc1-c1ccc(OC)c(OC)c1)c1ccc(Cl)cc1. The second kappa shape index (κ2) is 9.76. The van der Waals surface area contributed by atoms with Crippen molar-refractivity contribution in [2.75, 3.05) is 26.6 Å². The van der Waals surface area contributed by atoms with E-state index < -0.39 is 5.91 Å². The highest BCUT2D eigenvalue weighted by atomic mass is 35.5. The second-order valence-corrected chi connectivity index (χ2v) is 6.49. The topological polar surface area (TPSA) is 82.0 Å². The summed E-state index contributed by atoms with van der Waals surface area (Å²) in [6.07, 6.45) is 1.64. The first kappa shape index (κ1) is 21.1. The van der Waals surface area contributed by atoms with Gasteiger partial charge in [-0.1, -0.05) is 28.9 Å². The Bertz CT molecular complexity index is 1070. The number of halogens is 1. The Hall–Kier alpha value is -3.58. The number of nitrogens with zero attached hydrogens (tertiary/aromatic N) is 2. The van der Waals surface area contributed by atoms with Gasteiger partial charge in [-0.25, -0.2) is 0 Å². The zero-order chi connectivity index (χ0) is 21.5. The minimum atomic E-state index is -0.450. The van der Waals surface area contributed by atoms with Crippen molar-refractivity contribution in [2.24, 2.45) is 5.16 Å². The average Bonchev–Trinajstić information content (AvgIpc) is 2.78. The van der Waals surface area contributed by atoms with Crippen molar-refractivity contribution < 1.29 is 19.1 Å². The number of nitrogens with one attached hydrogen (secondary N) is 1. The third kappa shape index (κ3) is 4.69. The van der Waals surface area contributed by atoms with E-state index in [4.69, 9.17) is 25.9 Å². The van der Waals surface area contributed by atoms with Gasteiger partial charge in [-0.15, -0.1) is 0 Å². The number of rotatable bonds is 7. The lowest BCUT2D eigenvalue weighted by Crippen LogP contribution is -2.24. The van der Waals surface area contributed by atoms with Crippen LogP contribution in [-0.4, -0.2) is 37.9 Å². The third-order valence-electron chi connectivity index (χ3n) is 4.23. The largest absolute Gasteiger partial charge is 0.493 e. The number of pyridine rings is 1. The van der Waals surface area contributed by atoms with Gasteiger partial charge in [-0.2, -0.15) is 0 Å². The fourth-order valence-corrected chi connectivity index (χ4v) is 2.95. The molecule has 1 heterocycles. The van der Waals surface area contributed by atoms with Crippen LogP contribution in [0.15, 0.2) is 65.9 Å². The van der Waals surface area contributed by atoms with E-state index in [0.717, 1.165) is 5.56 Å². The molecular weight excluding hydrogens is 406 g/mol. The molecule has 0 radical (unpaired) electrons. The number of hydrogen-bond donors (Lipinski definition) is 1. The fraction of sp³-hybridized carbons (Fsp3) is 0.136. The van der Waals surface area contributed by atoms with Gasteiger partial charge >= 0.3 is 0 Å². The highest BCUT2D eigenvalue weighted by molar-refractivity contribution is 6.49. The molecule has 0 aliphatic carbocycles. The molecule has 0 aliphatic rings. The summed E-state index contributed by atoms with van der Waals surface area (Å²) in [5, 5.41) is 7.29. The summed E-state index contributed by atoms with van der Waals surface area (Å²) in [7, 11) is 4.50. The molecule has 0 atom stereocenters. The zero-order valence-electron chi connectivity index (χ0n) is 16.7. The summed E-state index contributed by atoms with van der Waals surface area (Å²) in [4.78, 5) is 22.3. The van der Waals surface area contributed by atoms with Crippen LogP contribution in [0, 0.1) is 0 Å². The van der Waals surface area contributed by atoms with E-state index in [2.05, 4.69) is 15.5 Å². The summed E-state index contributed by atoms with van der Waals surface area (Å²) < 4.78 is 10.7. The van der Waals surface area contributed by atoms with Gasteiger partial charge in [-0.3, -0.25) is 9.78 Å². The van der Waals surface area contributed by atoms with Crippen molar-refractivity contribution in [3.05, 3.63) is 71.4 Å². The summed E-state index contributed by atoms with van der Waals surface area (Å²) in [6, 6.07) is 15.6. The Morgan fingerprint density at radius 3 is 2.40 bits per heavy atom. The second-order valence-electron chi connectivity index (χ2n) is 6.05. The first-order valence-electron chi connectivity index (χ1n) is 8.93. The van der Waals surface area contributed by atoms with Gasteiger partial charge in [0.1, 0.15) is 7.11 Å². The van der Waals surface area contributed by atoms with Crippen molar-refractivity contribution in [2.45, 2.75) is 0 Å². The molecule has 1 amide bonds. The van der Waals surface area contributed by atoms with Crippen LogP contribution in [0.1, 0.15) is 5.56 Å². The van der Waals surface area contributed by atoms with Crippen LogP contribution in [-0.2, 0) is 9.63 Å². The minimum absolute atomic E-state index is 0.108. The number of carbonyl (C=O) groups is 1. The Kier molecular flexibility index (Phi) is 6.87. The van der Waals surface area contributed by atoms with Crippen LogP contribution in [0.5, 0.6) is 11.5 Å². The standard InChI is InChI=1S/C22H20ClN3O4/c1-28-18-11-8-15(13-19(18)29-2)20-17(5-4-12-24-20)25-22(27)21(26-30-3)14-6-9-16(23)10-7-14/h4-13H,1-3H3,(H,25,27)/b26-21-. The van der Waals surface area contributed by atoms with E-state index >= 15 is 0 Å². The molecular formula is C22H20ClN3O4. The molecule has 2 aromatic carbocycles. The zero-order valence-corrected chi connectivity index (χ0v) is 17.4. The number of benzene rings is 2. The minimum Gasteiger partial charge on any atom is -0.493 e. The maximum Gasteiger partial charge on any atom is 0.278 e. The average molecular weight is 426 g/mol. The quantitative estimate of drug-likeness (QED) is 0.448. The Labute approximate surface area is 179 Å². The Morgan fingerprint density at radius 1 is 1.00 bits per heavy atom. The lowest BCUT2D eigenvalue weighted by atomic mass is 10.1. The monoisotopic (exact) mass is 425 g/mol. The summed E-state index contributed by atoms with van der Waals surface area (Å²) in [5.41, 5.74) is 2.50. The van der Waals surface area contributed by atoms with Gasteiger partial charge in [0, 0.05) is 22.3 Å². The molecule has 3 rings (SSSR count). The maximum absolute atomic E-state index is 13.0. The van der Waals surface area contributed by atoms with Crippen molar-refractivity contribution in [1.82, 2.24) is 4.98 Å². The highest BCUT2D eigenvalue weighted by Gasteiger charge is 2.18. The molecule has 8 heteroatoms. The van der Waals surface area contributed by atoms with Crippen LogP contribution < -0.4 is 14.8 Å². The highest BCUT2D eigenvalue weighted by Crippen LogP contribution is 2.34. The predicted octanol–water partition coefficient (Wildman–Crippen LogP) is 4.41. The molecule has 0 saturated heterocycles. The molecule has 0 fully saturated rings. The molecule has 0 saturated carbocycles. The van der Waals surface area contributed by atoms with Crippen LogP contribution in [0.2, 0.25) is 5.02 Å². The molecule has 30 heavy (non-hydrogen) atoms. The fourth-order valence-electron chi connectivity index (χ4n) is 2.83. The number of ether oxygens (including phenoxy) is 2. The maximum atomic E-state index is 13.0. The lowest BCUT2D eigenvalue weighted by molar-refractivity contribution is -0.110. The van der Waals surface area contributed by atoms with Gasteiger partial charge in [0.05, 0.1) is 25.6 Å². The molecule has 0 aliphatic heterocycles. The normalized spacial score (nSPS) is 11.0. The number of anilines is 1. The van der Waals surface area contributed by atoms with Crippen molar-refractivity contribution in [3.8, 4) is 22.8 Å². The summed E-state index contributed by atoms with van der Waals surface area (Å²) in [6.45, 7) is 0. The van der Waals surface area contributed by atoms with E-state index in [1.165, 1.54) is 7.11 Å². The first-order chi connectivity index (χ1) is 14.6. The smallest absolute Gasteiger partial charge is 0.278 e. The van der Waals surface area contributed by atoms with E-state index in [0.29, 0.717) is 33.5 Å². The van der Waals surface area contributed by atoms with E-state index in [1.54, 1.807) is 68.9 Å². The number of methoxy groups -OCH3 is 2. The van der Waals surface area contributed by atoms with Gasteiger partial charge in [0.2, 0.25) is 0 Å². The molecule has 7 nitrogen and oxygen atoms in total. The van der Waals surface area contributed by atoms with Gasteiger partial charge in [0.25, 0.3) is 5.91 Å². The van der Waals surface area contributed by atoms with Crippen molar-refractivity contribution in [1.29, 1.82) is 0 Å². The lowest BCUT2D eigenvalue weighted by Gasteiger charge is -2.13. The van der Waals surface area contributed by atoms with Crippen LogP contribution in [0.4, 0.5) is 5.69 Å². The molecule has 0 unspecified atom stereocenters. The van der Waals surface area contributed by atoms with Gasteiger partial charge in [0.15, 0.2) is 17.2 Å². The number of amides is 1. The molecule has 0 spiro atoms. The van der Waals surface area contributed by atoms with E-state index in [1.807, 2.05) is 6.07 Å². The molecule has 0 bridgehead atoms. The van der Waals surface area contributed by atoms with Gasteiger partial charge in [-0.05, 0) is 42.5 Å². The van der Waals surface area contributed by atoms with E-state index in [9.17, 15) is 4.79 Å². The van der Waals surface area contributed by atoms with Crippen molar-refractivity contribution in [3.63, 3.8) is 0 Å². The molecule has 3 aromatic rings. The molecule has 1 N–H and O–H groups in total. The van der Waals surface area contributed by atoms with Crippen LogP contribution >= 0.6 is 11.6 Å². The molecule has 154 valence electrons. The number of carbonyl (C=O) groups excluding carboxylic acids is 1. The Balaban J connectivity index is 1.95. The predicted molar refractivity (Wildman–Crippen MR) is 116 cm³/mol. The number of oxime groups is 1. The van der Waals surface area contributed by atoms with Gasteiger partial charge < -0.3 is 19.6 Å². The number of aromatic nitrogens is 1. The summed E-state index contributed by atoms with van der Waals surface area (Å²) in [5.74, 6) is 0.703. The van der Waals surface area contributed by atoms with Crippen LogP contribution in [0.25, 0.3) is 11.3 Å². The summed E-state index contributed by atoms with van der Waals surface area (Å²) >= 11 is 5.94. The first-order valence-corrected chi connectivity index (χ1v) is 9.31.